The molecule has 0 spiro atoms. The predicted molar refractivity (Wildman–Crippen MR) is 97.7 cm³/mol. The third kappa shape index (κ3) is 2.46. The number of carbonyl (C=O) groups excluding carboxylic acids is 2. The van der Waals surface area contributed by atoms with Crippen LogP contribution >= 0.6 is 11.3 Å². The SMILES string of the molecule is CC1CC(=O)NN=C1c1cc(-c2cscn2)c2c(c1)C(C)(C)C(=O)N2. The first-order valence-electron chi connectivity index (χ1n) is 8.13. The molecule has 0 radical (unpaired) electrons. The standard InChI is InChI=1S/C18H18N4O2S/c1-9-4-14(23)21-22-15(9)10-5-11(13-7-25-8-19-13)16-12(6-10)18(2,3)17(24)20-16/h5-9H,4H2,1-3H3,(H,20,24)(H,21,23). The van der Waals surface area contributed by atoms with E-state index >= 15 is 0 Å². The van der Waals surface area contributed by atoms with Crippen molar-refractivity contribution in [1.29, 1.82) is 0 Å². The normalized spacial score (nSPS) is 21.4. The van der Waals surface area contributed by atoms with Gasteiger partial charge < -0.3 is 5.32 Å². The van der Waals surface area contributed by atoms with Crippen LogP contribution in [0.25, 0.3) is 11.3 Å². The van der Waals surface area contributed by atoms with Crippen LogP contribution < -0.4 is 10.7 Å². The zero-order valence-electron chi connectivity index (χ0n) is 14.2. The molecule has 2 aromatic rings. The summed E-state index contributed by atoms with van der Waals surface area (Å²) in [5, 5.41) is 9.24. The molecule has 0 aliphatic carbocycles. The van der Waals surface area contributed by atoms with Gasteiger partial charge in [-0.05, 0) is 37.1 Å². The lowest BCUT2D eigenvalue weighted by atomic mass is 9.82. The lowest BCUT2D eigenvalue weighted by molar-refractivity contribution is -0.122. The minimum absolute atomic E-state index is 0.0169. The molecule has 3 heterocycles. The molecule has 4 rings (SSSR count). The summed E-state index contributed by atoms with van der Waals surface area (Å²) in [5.74, 6) is -0.0827. The Bertz CT molecular complexity index is 915. The minimum Gasteiger partial charge on any atom is -0.324 e. The highest BCUT2D eigenvalue weighted by atomic mass is 32.1. The number of hydrazone groups is 1. The van der Waals surface area contributed by atoms with E-state index in [9.17, 15) is 9.59 Å². The van der Waals surface area contributed by atoms with E-state index in [-0.39, 0.29) is 17.7 Å². The third-order valence-electron chi connectivity index (χ3n) is 4.88. The van der Waals surface area contributed by atoms with Crippen molar-refractivity contribution in [2.75, 3.05) is 5.32 Å². The smallest absolute Gasteiger partial charge is 0.240 e. The van der Waals surface area contributed by atoms with Gasteiger partial charge in [0.05, 0.1) is 28.0 Å². The van der Waals surface area contributed by atoms with Crippen LogP contribution in [0.4, 0.5) is 5.69 Å². The molecule has 1 unspecified atom stereocenters. The summed E-state index contributed by atoms with van der Waals surface area (Å²) < 4.78 is 0. The van der Waals surface area contributed by atoms with Crippen molar-refractivity contribution in [2.45, 2.75) is 32.6 Å². The Kier molecular flexibility index (Phi) is 3.50. The second-order valence-electron chi connectivity index (χ2n) is 7.04. The topological polar surface area (TPSA) is 83.5 Å². The van der Waals surface area contributed by atoms with Gasteiger partial charge in [0.15, 0.2) is 0 Å². The Morgan fingerprint density at radius 2 is 2.08 bits per heavy atom. The zero-order valence-corrected chi connectivity index (χ0v) is 15.0. The van der Waals surface area contributed by atoms with Crippen molar-refractivity contribution < 1.29 is 9.59 Å². The first-order valence-corrected chi connectivity index (χ1v) is 9.07. The number of hydrogen-bond donors (Lipinski definition) is 2. The summed E-state index contributed by atoms with van der Waals surface area (Å²) in [6, 6.07) is 4.01. The molecule has 128 valence electrons. The first-order chi connectivity index (χ1) is 11.9. The molecule has 2 aliphatic heterocycles. The number of fused-ring (bicyclic) bond motifs is 1. The van der Waals surface area contributed by atoms with Gasteiger partial charge >= 0.3 is 0 Å². The van der Waals surface area contributed by atoms with Gasteiger partial charge in [0.25, 0.3) is 0 Å². The highest BCUT2D eigenvalue weighted by molar-refractivity contribution is 7.07. The van der Waals surface area contributed by atoms with E-state index in [1.165, 1.54) is 11.3 Å². The fraction of sp³-hybridized carbons (Fsp3) is 0.333. The average molecular weight is 354 g/mol. The number of rotatable bonds is 2. The van der Waals surface area contributed by atoms with Gasteiger partial charge in [0, 0.05) is 23.3 Å². The van der Waals surface area contributed by atoms with Gasteiger partial charge in [-0.3, -0.25) is 9.59 Å². The van der Waals surface area contributed by atoms with Crippen molar-refractivity contribution >= 4 is 34.6 Å². The van der Waals surface area contributed by atoms with Gasteiger partial charge in [-0.2, -0.15) is 5.10 Å². The fourth-order valence-electron chi connectivity index (χ4n) is 3.36. The summed E-state index contributed by atoms with van der Waals surface area (Å²) in [5.41, 5.74) is 8.93. The monoisotopic (exact) mass is 354 g/mol. The molecular weight excluding hydrogens is 336 g/mol. The maximum atomic E-state index is 12.5. The zero-order chi connectivity index (χ0) is 17.8. The maximum absolute atomic E-state index is 12.5. The van der Waals surface area contributed by atoms with Crippen LogP contribution in [0.2, 0.25) is 0 Å². The number of amides is 2. The molecule has 2 N–H and O–H groups in total. The number of anilines is 1. The van der Waals surface area contributed by atoms with E-state index in [1.54, 1.807) is 5.51 Å². The van der Waals surface area contributed by atoms with Crippen LogP contribution in [0.1, 0.15) is 38.3 Å². The highest BCUT2D eigenvalue weighted by Crippen LogP contribution is 2.44. The van der Waals surface area contributed by atoms with Crippen LogP contribution in [-0.2, 0) is 15.0 Å². The van der Waals surface area contributed by atoms with Gasteiger partial charge in [-0.1, -0.05) is 6.92 Å². The summed E-state index contributed by atoms with van der Waals surface area (Å²) in [7, 11) is 0. The number of carbonyl (C=O) groups is 2. The second kappa shape index (κ2) is 5.49. The largest absolute Gasteiger partial charge is 0.324 e. The van der Waals surface area contributed by atoms with Gasteiger partial charge in [-0.25, -0.2) is 10.4 Å². The van der Waals surface area contributed by atoms with Crippen molar-refractivity contribution in [3.05, 3.63) is 34.2 Å². The van der Waals surface area contributed by atoms with Crippen molar-refractivity contribution in [1.82, 2.24) is 10.4 Å². The third-order valence-corrected chi connectivity index (χ3v) is 5.47. The number of nitrogens with one attached hydrogen (secondary N) is 2. The predicted octanol–water partition coefficient (Wildman–Crippen LogP) is 2.90. The number of thiazole rings is 1. The molecule has 25 heavy (non-hydrogen) atoms. The molecule has 0 fully saturated rings. The van der Waals surface area contributed by atoms with E-state index in [4.69, 9.17) is 0 Å². The summed E-state index contributed by atoms with van der Waals surface area (Å²) in [6.07, 6.45) is 0.405. The number of nitrogens with zero attached hydrogens (tertiary/aromatic N) is 2. The molecule has 1 aromatic carbocycles. The number of benzene rings is 1. The van der Waals surface area contributed by atoms with Gasteiger partial charge in [0.2, 0.25) is 11.8 Å². The van der Waals surface area contributed by atoms with Crippen LogP contribution in [0.15, 0.2) is 28.1 Å². The van der Waals surface area contributed by atoms with Crippen molar-refractivity contribution in [2.24, 2.45) is 11.0 Å². The van der Waals surface area contributed by atoms with Crippen molar-refractivity contribution in [3.63, 3.8) is 0 Å². The lowest BCUT2D eigenvalue weighted by Gasteiger charge is -2.22. The van der Waals surface area contributed by atoms with E-state index in [0.29, 0.717) is 6.42 Å². The van der Waals surface area contributed by atoms with Crippen LogP contribution in [-0.4, -0.2) is 22.5 Å². The molecular formula is C18H18N4O2S. The molecule has 7 heteroatoms. The molecule has 1 aromatic heterocycles. The first kappa shape index (κ1) is 16.0. The van der Waals surface area contributed by atoms with Crippen LogP contribution in [0, 0.1) is 5.92 Å². The summed E-state index contributed by atoms with van der Waals surface area (Å²) in [6.45, 7) is 5.81. The Morgan fingerprint density at radius 3 is 2.76 bits per heavy atom. The number of aromatic nitrogens is 1. The molecule has 0 saturated carbocycles. The van der Waals surface area contributed by atoms with E-state index in [0.717, 1.165) is 33.8 Å². The molecule has 6 nitrogen and oxygen atoms in total. The maximum Gasteiger partial charge on any atom is 0.240 e. The summed E-state index contributed by atoms with van der Waals surface area (Å²) >= 11 is 1.51. The van der Waals surface area contributed by atoms with E-state index in [2.05, 4.69) is 20.8 Å². The fourth-order valence-corrected chi connectivity index (χ4v) is 3.91. The Balaban J connectivity index is 1.94. The summed E-state index contributed by atoms with van der Waals surface area (Å²) in [4.78, 5) is 28.4. The molecule has 0 bridgehead atoms. The minimum atomic E-state index is -0.627. The van der Waals surface area contributed by atoms with Crippen LogP contribution in [0.5, 0.6) is 0 Å². The van der Waals surface area contributed by atoms with Crippen molar-refractivity contribution in [3.8, 4) is 11.3 Å². The van der Waals surface area contributed by atoms with E-state index in [1.807, 2.05) is 38.3 Å². The average Bonchev–Trinajstić information content (AvgIpc) is 3.15. The van der Waals surface area contributed by atoms with Gasteiger partial charge in [0.1, 0.15) is 0 Å². The highest BCUT2D eigenvalue weighted by Gasteiger charge is 2.40. The number of hydrogen-bond acceptors (Lipinski definition) is 5. The molecule has 1 atom stereocenters. The Hall–Kier alpha value is -2.54. The Labute approximate surface area is 149 Å². The molecule has 2 aliphatic rings. The van der Waals surface area contributed by atoms with Gasteiger partial charge in [-0.15, -0.1) is 11.3 Å². The molecule has 0 saturated heterocycles. The van der Waals surface area contributed by atoms with E-state index < -0.39 is 5.41 Å². The Morgan fingerprint density at radius 1 is 1.28 bits per heavy atom. The lowest BCUT2D eigenvalue weighted by Crippen LogP contribution is -2.32. The second-order valence-corrected chi connectivity index (χ2v) is 7.76. The molecule has 2 amide bonds. The quantitative estimate of drug-likeness (QED) is 0.870. The van der Waals surface area contributed by atoms with Crippen LogP contribution in [0.3, 0.4) is 0 Å².